The number of thiophene rings is 2. The Morgan fingerprint density at radius 3 is 1.10 bits per heavy atom. The average Bonchev–Trinajstić information content (AvgIpc) is 3.97. The van der Waals surface area contributed by atoms with Gasteiger partial charge in [-0.2, -0.15) is 0 Å². The topological polar surface area (TPSA) is 6.48 Å². The molecule has 0 saturated carbocycles. The van der Waals surface area contributed by atoms with E-state index in [2.05, 4.69) is 265 Å². The third-order valence-electron chi connectivity index (χ3n) is 13.2. The van der Waals surface area contributed by atoms with Gasteiger partial charge in [0.25, 0.3) is 0 Å². The van der Waals surface area contributed by atoms with Crippen molar-refractivity contribution in [2.24, 2.45) is 0 Å². The first-order chi connectivity index (χ1) is 33.7. The molecule has 13 aromatic rings. The zero-order valence-electron chi connectivity index (χ0n) is 37.0. The van der Waals surface area contributed by atoms with Gasteiger partial charge in [-0.1, -0.05) is 182 Å². The van der Waals surface area contributed by atoms with Crippen molar-refractivity contribution in [3.8, 4) is 11.1 Å². The minimum atomic E-state index is 1.12. The molecule has 320 valence electrons. The number of hydrogen-bond donors (Lipinski definition) is 0. The second kappa shape index (κ2) is 16.9. The molecule has 0 atom stereocenters. The fraction of sp³-hybridized carbons (Fsp3) is 0. The van der Waals surface area contributed by atoms with E-state index in [1.165, 1.54) is 73.0 Å². The number of fused-ring (bicyclic) bond motifs is 8. The van der Waals surface area contributed by atoms with E-state index in [-0.39, 0.29) is 0 Å². The van der Waals surface area contributed by atoms with Crippen LogP contribution in [-0.4, -0.2) is 0 Å². The Morgan fingerprint density at radius 1 is 0.265 bits per heavy atom. The number of benzene rings is 11. The minimum absolute atomic E-state index is 1.12. The average molecular weight is 903 g/mol. The second-order valence-electron chi connectivity index (χ2n) is 17.3. The van der Waals surface area contributed by atoms with Crippen molar-refractivity contribution in [2.45, 2.75) is 0 Å². The first kappa shape index (κ1) is 40.0. The van der Waals surface area contributed by atoms with Gasteiger partial charge in [0.15, 0.2) is 0 Å². The van der Waals surface area contributed by atoms with E-state index in [0.29, 0.717) is 0 Å². The molecular formula is C64H42N2S2. The molecule has 0 saturated heterocycles. The molecule has 2 heterocycles. The molecule has 0 amide bonds. The molecule has 68 heavy (non-hydrogen) atoms. The van der Waals surface area contributed by atoms with E-state index in [0.717, 1.165) is 45.3 Å². The van der Waals surface area contributed by atoms with Crippen LogP contribution in [0.3, 0.4) is 0 Å². The molecule has 0 unspecified atom stereocenters. The van der Waals surface area contributed by atoms with Crippen molar-refractivity contribution in [1.29, 1.82) is 0 Å². The highest BCUT2D eigenvalue weighted by atomic mass is 32.1. The van der Waals surface area contributed by atoms with E-state index < -0.39 is 0 Å². The summed E-state index contributed by atoms with van der Waals surface area (Å²) in [6, 6.07) is 88.6. The third-order valence-corrected chi connectivity index (χ3v) is 15.5. The van der Waals surface area contributed by atoms with Gasteiger partial charge in [-0.3, -0.25) is 0 Å². The molecule has 0 radical (unpaired) electrons. The minimum Gasteiger partial charge on any atom is -0.310 e. The number of nitrogens with zero attached hydrogens (tertiary/aromatic N) is 2. The van der Waals surface area contributed by atoms with Crippen molar-refractivity contribution in [2.75, 3.05) is 9.80 Å². The SMILES string of the molecule is C(=Cc1ccc(N(c2ccc3c(c2)sc2ccccc23)c2cccc3ccccc23)cc1)c1ccc(-c2ccc(N(c3ccc4c(c3)sc3ccccc34)c3cccc4ccccc34)cc2)cc1. The molecule has 11 aromatic carbocycles. The fourth-order valence-electron chi connectivity index (χ4n) is 9.89. The van der Waals surface area contributed by atoms with Crippen LogP contribution in [0.5, 0.6) is 0 Å². The van der Waals surface area contributed by atoms with Crippen LogP contribution in [0.15, 0.2) is 243 Å². The standard InChI is InChI=1S/C64H42N2S2/c1-3-15-53-47(11-1)13-9-19-59(53)65(51-37-39-57-55-17-5-7-21-61(55)67-63(57)41-51)49-33-27-44(28-34-49)24-23-43-25-29-45(30-26-43)46-31-35-50(36-32-46)66(60-20-10-14-48-12-2-4-16-54(48)60)52-38-40-58-56-18-6-8-22-62(56)68-64(58)42-52/h1-42H. The van der Waals surface area contributed by atoms with Gasteiger partial charge in [0.05, 0.1) is 11.4 Å². The van der Waals surface area contributed by atoms with Crippen LogP contribution >= 0.6 is 22.7 Å². The first-order valence-corrected chi connectivity index (χ1v) is 24.7. The van der Waals surface area contributed by atoms with E-state index in [1.54, 1.807) is 0 Å². The number of hydrogen-bond acceptors (Lipinski definition) is 4. The predicted octanol–water partition coefficient (Wildman–Crippen LogP) is 19.5. The van der Waals surface area contributed by atoms with Crippen LogP contribution < -0.4 is 9.80 Å². The lowest BCUT2D eigenvalue weighted by Gasteiger charge is -2.27. The lowest BCUT2D eigenvalue weighted by Crippen LogP contribution is -2.10. The highest BCUT2D eigenvalue weighted by Crippen LogP contribution is 2.45. The molecule has 2 aromatic heterocycles. The fourth-order valence-corrected chi connectivity index (χ4v) is 12.2. The van der Waals surface area contributed by atoms with E-state index in [9.17, 15) is 0 Å². The van der Waals surface area contributed by atoms with Crippen LogP contribution in [0.2, 0.25) is 0 Å². The lowest BCUT2D eigenvalue weighted by molar-refractivity contribution is 1.30. The molecule has 0 aliphatic carbocycles. The summed E-state index contributed by atoms with van der Waals surface area (Å²) in [5, 5.41) is 10.1. The van der Waals surface area contributed by atoms with E-state index >= 15 is 0 Å². The Balaban J connectivity index is 0.779. The van der Waals surface area contributed by atoms with Crippen LogP contribution in [-0.2, 0) is 0 Å². The summed E-state index contributed by atoms with van der Waals surface area (Å²) in [6.45, 7) is 0. The Bertz CT molecular complexity index is 4020. The van der Waals surface area contributed by atoms with Crippen LogP contribution in [0.1, 0.15) is 11.1 Å². The van der Waals surface area contributed by atoms with Gasteiger partial charge >= 0.3 is 0 Å². The summed E-state index contributed by atoms with van der Waals surface area (Å²) < 4.78 is 5.21. The van der Waals surface area contributed by atoms with Gasteiger partial charge in [-0.15, -0.1) is 22.7 Å². The van der Waals surface area contributed by atoms with Crippen LogP contribution in [0, 0.1) is 0 Å². The molecule has 13 rings (SSSR count). The van der Waals surface area contributed by atoms with Crippen molar-refractivity contribution in [1.82, 2.24) is 0 Å². The van der Waals surface area contributed by atoms with E-state index in [1.807, 2.05) is 22.7 Å². The summed E-state index contributed by atoms with van der Waals surface area (Å²) in [7, 11) is 0. The van der Waals surface area contributed by atoms with Gasteiger partial charge in [0, 0.05) is 73.9 Å². The molecule has 0 N–H and O–H groups in total. The van der Waals surface area contributed by atoms with Gasteiger partial charge in [0.1, 0.15) is 0 Å². The molecule has 2 nitrogen and oxygen atoms in total. The monoisotopic (exact) mass is 902 g/mol. The number of anilines is 6. The zero-order chi connectivity index (χ0) is 45.0. The highest BCUT2D eigenvalue weighted by Gasteiger charge is 2.19. The van der Waals surface area contributed by atoms with Crippen molar-refractivity contribution in [3.63, 3.8) is 0 Å². The summed E-state index contributed by atoms with van der Waals surface area (Å²) >= 11 is 3.71. The molecule has 4 heteroatoms. The molecule has 0 aliphatic rings. The lowest BCUT2D eigenvalue weighted by atomic mass is 10.0. The Morgan fingerprint density at radius 2 is 0.618 bits per heavy atom. The number of rotatable bonds is 9. The Kier molecular flexibility index (Phi) is 9.93. The zero-order valence-corrected chi connectivity index (χ0v) is 38.6. The van der Waals surface area contributed by atoms with Crippen molar-refractivity contribution >= 4 is 131 Å². The smallest absolute Gasteiger partial charge is 0.0540 e. The van der Waals surface area contributed by atoms with Crippen LogP contribution in [0.25, 0.3) is 85.2 Å². The maximum Gasteiger partial charge on any atom is 0.0540 e. The Labute approximate surface area is 403 Å². The van der Waals surface area contributed by atoms with Gasteiger partial charge in [0.2, 0.25) is 0 Å². The van der Waals surface area contributed by atoms with Crippen molar-refractivity contribution in [3.05, 3.63) is 254 Å². The van der Waals surface area contributed by atoms with Gasteiger partial charge in [-0.05, 0) is 106 Å². The summed E-state index contributed by atoms with van der Waals surface area (Å²) in [4.78, 5) is 4.81. The molecule has 0 bridgehead atoms. The normalized spacial score (nSPS) is 11.8. The molecule has 0 fully saturated rings. The predicted molar refractivity (Wildman–Crippen MR) is 297 cm³/mol. The molecule has 0 spiro atoms. The van der Waals surface area contributed by atoms with Crippen LogP contribution in [0.4, 0.5) is 34.1 Å². The summed E-state index contributed by atoms with van der Waals surface area (Å²) in [5.41, 5.74) is 11.5. The third kappa shape index (κ3) is 7.19. The second-order valence-corrected chi connectivity index (χ2v) is 19.5. The van der Waals surface area contributed by atoms with E-state index in [4.69, 9.17) is 0 Å². The summed E-state index contributed by atoms with van der Waals surface area (Å²) in [6.07, 6.45) is 4.41. The maximum absolute atomic E-state index is 2.41. The molecule has 0 aliphatic heterocycles. The largest absolute Gasteiger partial charge is 0.310 e. The maximum atomic E-state index is 2.41. The van der Waals surface area contributed by atoms with Crippen molar-refractivity contribution < 1.29 is 0 Å². The van der Waals surface area contributed by atoms with Gasteiger partial charge < -0.3 is 9.80 Å². The quantitative estimate of drug-likeness (QED) is 0.133. The highest BCUT2D eigenvalue weighted by molar-refractivity contribution is 7.26. The Hall–Kier alpha value is -8.28. The summed E-state index contributed by atoms with van der Waals surface area (Å²) in [5.74, 6) is 0. The first-order valence-electron chi connectivity index (χ1n) is 23.1. The molecular weight excluding hydrogens is 861 g/mol. The van der Waals surface area contributed by atoms with Gasteiger partial charge in [-0.25, -0.2) is 0 Å².